The van der Waals surface area contributed by atoms with Gasteiger partial charge in [-0.05, 0) is 67.9 Å². The highest BCUT2D eigenvalue weighted by atomic mass is 32.2. The number of aliphatic hydroxyl groups excluding tert-OH is 1. The van der Waals surface area contributed by atoms with E-state index in [2.05, 4.69) is 60.0 Å². The zero-order valence-corrected chi connectivity index (χ0v) is 27.7. The van der Waals surface area contributed by atoms with Crippen molar-refractivity contribution in [2.75, 3.05) is 31.5 Å². The first kappa shape index (κ1) is 33.2. The second kappa shape index (κ2) is 14.5. The van der Waals surface area contributed by atoms with Crippen molar-refractivity contribution in [3.05, 3.63) is 114 Å². The molecule has 1 heterocycles. The molecule has 1 aliphatic rings. The molecule has 9 heteroatoms. The third-order valence-electron chi connectivity index (χ3n) is 8.51. The minimum atomic E-state index is -3.83. The fourth-order valence-corrected chi connectivity index (χ4v) is 6.81. The van der Waals surface area contributed by atoms with Gasteiger partial charge in [0.1, 0.15) is 11.9 Å². The van der Waals surface area contributed by atoms with Crippen molar-refractivity contribution in [1.82, 2.24) is 9.80 Å². The molecule has 2 N–H and O–H groups in total. The second-order valence-electron chi connectivity index (χ2n) is 12.4. The van der Waals surface area contributed by atoms with Crippen LogP contribution >= 0.6 is 0 Å². The first-order valence-electron chi connectivity index (χ1n) is 15.6. The number of sulfonamides is 1. The topological polar surface area (TPSA) is 99.2 Å². The highest BCUT2D eigenvalue weighted by Crippen LogP contribution is 2.30. The van der Waals surface area contributed by atoms with Gasteiger partial charge < -0.3 is 14.7 Å². The number of aliphatic hydroxyl groups is 1. The lowest BCUT2D eigenvalue weighted by atomic mass is 10.0. The number of hydrogen-bond donors (Lipinski definition) is 2. The largest absolute Gasteiger partial charge is 0.488 e. The van der Waals surface area contributed by atoms with Crippen LogP contribution in [0.15, 0.2) is 102 Å². The number of aryl methyl sites for hydroxylation is 1. The van der Waals surface area contributed by atoms with E-state index in [4.69, 9.17) is 4.74 Å². The zero-order chi connectivity index (χ0) is 32.8. The molecule has 0 saturated carbocycles. The molecule has 46 heavy (non-hydrogen) atoms. The van der Waals surface area contributed by atoms with Crippen molar-refractivity contribution in [3.63, 3.8) is 0 Å². The third kappa shape index (κ3) is 8.15. The number of ether oxygens (including phenoxy) is 1. The molecule has 0 aromatic heterocycles. The summed E-state index contributed by atoms with van der Waals surface area (Å²) in [6.07, 6.45) is -0.259. The summed E-state index contributed by atoms with van der Waals surface area (Å²) in [4.78, 5) is 17.7. The van der Waals surface area contributed by atoms with Gasteiger partial charge in [-0.1, -0.05) is 79.2 Å². The highest BCUT2D eigenvalue weighted by Gasteiger charge is 2.31. The number of hydrogen-bond acceptors (Lipinski definition) is 6. The molecule has 0 fully saturated rings. The molecule has 1 amide bonds. The van der Waals surface area contributed by atoms with Gasteiger partial charge in [0, 0.05) is 36.8 Å². The predicted molar refractivity (Wildman–Crippen MR) is 182 cm³/mol. The minimum Gasteiger partial charge on any atom is -0.488 e. The van der Waals surface area contributed by atoms with Crippen molar-refractivity contribution in [2.24, 2.45) is 5.92 Å². The first-order valence-corrected chi connectivity index (χ1v) is 17.1. The summed E-state index contributed by atoms with van der Waals surface area (Å²) in [6, 6.07) is 30.2. The summed E-state index contributed by atoms with van der Waals surface area (Å²) in [5.41, 5.74) is 5.41. The van der Waals surface area contributed by atoms with Crippen LogP contribution in [-0.2, 0) is 27.8 Å². The summed E-state index contributed by atoms with van der Waals surface area (Å²) in [5, 5.41) is 9.97. The molecular weight excluding hydrogens is 598 g/mol. The fraction of sp³-hybridized carbons (Fsp3) is 0.324. The van der Waals surface area contributed by atoms with Crippen LogP contribution in [0.25, 0.3) is 11.1 Å². The van der Waals surface area contributed by atoms with E-state index >= 15 is 0 Å². The normalized spacial score (nSPS) is 17.8. The maximum Gasteiger partial charge on any atom is 0.261 e. The summed E-state index contributed by atoms with van der Waals surface area (Å²) in [7, 11) is -1.78. The number of fused-ring (bicyclic) bond motifs is 1. The van der Waals surface area contributed by atoms with Crippen LogP contribution in [0.1, 0.15) is 30.5 Å². The van der Waals surface area contributed by atoms with Crippen molar-refractivity contribution in [2.45, 2.75) is 50.8 Å². The monoisotopic (exact) mass is 641 g/mol. The molecule has 0 radical (unpaired) electrons. The number of nitrogens with one attached hydrogen (secondary N) is 1. The van der Waals surface area contributed by atoms with E-state index in [9.17, 15) is 18.3 Å². The number of amides is 1. The molecule has 242 valence electrons. The molecule has 5 rings (SSSR count). The van der Waals surface area contributed by atoms with Gasteiger partial charge in [-0.15, -0.1) is 0 Å². The number of carbonyl (C=O) groups is 1. The lowest BCUT2D eigenvalue weighted by Crippen LogP contribution is -2.47. The Hall–Kier alpha value is -4.18. The Morgan fingerprint density at radius 1 is 0.978 bits per heavy atom. The molecule has 4 aromatic carbocycles. The van der Waals surface area contributed by atoms with Crippen LogP contribution in [-0.4, -0.2) is 68.1 Å². The third-order valence-corrected chi connectivity index (χ3v) is 9.90. The van der Waals surface area contributed by atoms with Gasteiger partial charge >= 0.3 is 0 Å². The van der Waals surface area contributed by atoms with Gasteiger partial charge in [-0.3, -0.25) is 14.4 Å². The van der Waals surface area contributed by atoms with Crippen LogP contribution in [0.3, 0.4) is 0 Å². The van der Waals surface area contributed by atoms with Crippen molar-refractivity contribution < 1.29 is 23.1 Å². The van der Waals surface area contributed by atoms with E-state index in [1.54, 1.807) is 47.4 Å². The smallest absolute Gasteiger partial charge is 0.261 e. The number of nitrogens with zero attached hydrogens (tertiary/aromatic N) is 2. The average Bonchev–Trinajstić information content (AvgIpc) is 3.08. The van der Waals surface area contributed by atoms with E-state index in [1.807, 2.05) is 32.0 Å². The Morgan fingerprint density at radius 2 is 1.65 bits per heavy atom. The summed E-state index contributed by atoms with van der Waals surface area (Å²) in [5.74, 6) is 0.346. The van der Waals surface area contributed by atoms with Crippen molar-refractivity contribution in [3.8, 4) is 16.9 Å². The molecule has 3 unspecified atom stereocenters. The van der Waals surface area contributed by atoms with Gasteiger partial charge in [0.15, 0.2) is 0 Å². The SMILES string of the molecule is Cc1ccc(S(=O)(=O)Nc2ccc3c(c2)CC(=O)N(C(C)CO)CC(C)C(CN(C)Cc2ccc(-c4ccccc4)cc2)O3)cc1. The first-order chi connectivity index (χ1) is 22.0. The Labute approximate surface area is 272 Å². The number of benzene rings is 4. The molecule has 4 aromatic rings. The maximum absolute atomic E-state index is 13.6. The summed E-state index contributed by atoms with van der Waals surface area (Å²) >= 11 is 0. The van der Waals surface area contributed by atoms with E-state index in [0.717, 1.165) is 5.56 Å². The molecule has 8 nitrogen and oxygen atoms in total. The standard InChI is InChI=1S/C37H43N3O5S/c1-26-10-17-34(18-11-26)46(43,44)38-33-16-19-35-32(20-33)21-37(42)40(28(3)25-41)22-27(2)36(45-35)24-39(4)23-29-12-14-31(15-13-29)30-8-6-5-7-9-30/h5-20,27-28,36,38,41H,21-25H2,1-4H3. The molecule has 0 aliphatic carbocycles. The van der Waals surface area contributed by atoms with E-state index in [1.165, 1.54) is 16.7 Å². The van der Waals surface area contributed by atoms with Crippen LogP contribution < -0.4 is 9.46 Å². The highest BCUT2D eigenvalue weighted by molar-refractivity contribution is 7.92. The Morgan fingerprint density at radius 3 is 2.33 bits per heavy atom. The lowest BCUT2D eigenvalue weighted by molar-refractivity contribution is -0.134. The number of anilines is 1. The zero-order valence-electron chi connectivity index (χ0n) is 26.9. The summed E-state index contributed by atoms with van der Waals surface area (Å²) in [6.45, 7) is 7.36. The van der Waals surface area contributed by atoms with Crippen LogP contribution in [0, 0.1) is 12.8 Å². The van der Waals surface area contributed by atoms with E-state index < -0.39 is 10.0 Å². The number of likely N-dealkylation sites (N-methyl/N-ethyl adjacent to an activating group) is 1. The number of carbonyl (C=O) groups excluding carboxylic acids is 1. The summed E-state index contributed by atoms with van der Waals surface area (Å²) < 4.78 is 35.5. The van der Waals surface area contributed by atoms with Crippen LogP contribution in [0.2, 0.25) is 0 Å². The molecule has 1 aliphatic heterocycles. The number of rotatable bonds is 10. The molecule has 0 spiro atoms. The molecule has 3 atom stereocenters. The maximum atomic E-state index is 13.6. The lowest BCUT2D eigenvalue weighted by Gasteiger charge is -2.34. The molecular formula is C37H43N3O5S. The minimum absolute atomic E-state index is 0.0167. The average molecular weight is 642 g/mol. The Balaban J connectivity index is 1.37. The predicted octanol–water partition coefficient (Wildman–Crippen LogP) is 5.74. The van der Waals surface area contributed by atoms with Gasteiger partial charge in [-0.25, -0.2) is 8.42 Å². The Bertz CT molecular complexity index is 1730. The van der Waals surface area contributed by atoms with Crippen molar-refractivity contribution in [1.29, 1.82) is 0 Å². The van der Waals surface area contributed by atoms with Crippen molar-refractivity contribution >= 4 is 21.6 Å². The van der Waals surface area contributed by atoms with Gasteiger partial charge in [0.05, 0.1) is 24.0 Å². The quantitative estimate of drug-likeness (QED) is 0.229. The van der Waals surface area contributed by atoms with Gasteiger partial charge in [0.25, 0.3) is 10.0 Å². The van der Waals surface area contributed by atoms with E-state index in [-0.39, 0.29) is 41.9 Å². The molecule has 0 bridgehead atoms. The second-order valence-corrected chi connectivity index (χ2v) is 14.1. The Kier molecular flexibility index (Phi) is 10.5. The fourth-order valence-electron chi connectivity index (χ4n) is 5.76. The van der Waals surface area contributed by atoms with Gasteiger partial charge in [0.2, 0.25) is 5.91 Å². The molecule has 0 saturated heterocycles. The van der Waals surface area contributed by atoms with Crippen LogP contribution in [0.5, 0.6) is 5.75 Å². The van der Waals surface area contributed by atoms with Crippen LogP contribution in [0.4, 0.5) is 5.69 Å². The van der Waals surface area contributed by atoms with Gasteiger partial charge in [-0.2, -0.15) is 0 Å². The van der Waals surface area contributed by atoms with E-state index in [0.29, 0.717) is 36.6 Å².